The van der Waals surface area contributed by atoms with Gasteiger partial charge in [0.2, 0.25) is 0 Å². The molecule has 1 aromatic rings. The fourth-order valence-corrected chi connectivity index (χ4v) is 3.93. The van der Waals surface area contributed by atoms with Gasteiger partial charge in [-0.05, 0) is 49.8 Å². The summed E-state index contributed by atoms with van der Waals surface area (Å²) in [6, 6.07) is 3.87. The summed E-state index contributed by atoms with van der Waals surface area (Å²) in [6.45, 7) is 2.83. The topological polar surface area (TPSA) is 27.7 Å². The SMILES string of the molecule is CCOC1CC(CC(Cl)c2cc(OC)c(OC)cc2Br)C1. The number of hydrogen-bond donors (Lipinski definition) is 0. The number of ether oxygens (including phenoxy) is 3. The monoisotopic (exact) mass is 376 g/mol. The van der Waals surface area contributed by atoms with Crippen molar-refractivity contribution in [2.75, 3.05) is 20.8 Å². The third-order valence-corrected chi connectivity index (χ3v) is 5.08. The standard InChI is InChI=1S/C16H22BrClO3/c1-4-21-11-5-10(6-11)7-14(18)12-8-15(19-2)16(20-3)9-13(12)17/h8-11,14H,4-7H2,1-3H3. The van der Waals surface area contributed by atoms with Gasteiger partial charge in [-0.15, -0.1) is 11.6 Å². The van der Waals surface area contributed by atoms with Crippen LogP contribution in [0.25, 0.3) is 0 Å². The molecule has 0 spiro atoms. The highest BCUT2D eigenvalue weighted by atomic mass is 79.9. The van der Waals surface area contributed by atoms with Crippen molar-refractivity contribution in [2.45, 2.75) is 37.7 Å². The molecule has 3 nitrogen and oxygen atoms in total. The molecule has 0 amide bonds. The lowest BCUT2D eigenvalue weighted by atomic mass is 9.78. The van der Waals surface area contributed by atoms with Gasteiger partial charge in [0.05, 0.1) is 25.7 Å². The van der Waals surface area contributed by atoms with Crippen molar-refractivity contribution < 1.29 is 14.2 Å². The minimum Gasteiger partial charge on any atom is -0.493 e. The zero-order valence-electron chi connectivity index (χ0n) is 12.7. The van der Waals surface area contributed by atoms with E-state index in [1.807, 2.05) is 19.1 Å². The van der Waals surface area contributed by atoms with E-state index < -0.39 is 0 Å². The maximum absolute atomic E-state index is 6.60. The fourth-order valence-electron chi connectivity index (χ4n) is 2.77. The van der Waals surface area contributed by atoms with Crippen molar-refractivity contribution in [2.24, 2.45) is 5.92 Å². The lowest BCUT2D eigenvalue weighted by molar-refractivity contribution is -0.0267. The van der Waals surface area contributed by atoms with Crippen LogP contribution in [-0.4, -0.2) is 26.9 Å². The molecule has 0 radical (unpaired) electrons. The first-order valence-corrected chi connectivity index (χ1v) is 8.49. The summed E-state index contributed by atoms with van der Waals surface area (Å²) >= 11 is 10.2. The molecule has 0 N–H and O–H groups in total. The zero-order valence-corrected chi connectivity index (χ0v) is 15.0. The van der Waals surface area contributed by atoms with Crippen LogP contribution >= 0.6 is 27.5 Å². The number of methoxy groups -OCH3 is 2. The zero-order chi connectivity index (χ0) is 15.4. The largest absolute Gasteiger partial charge is 0.493 e. The van der Waals surface area contributed by atoms with E-state index in [9.17, 15) is 0 Å². The average Bonchev–Trinajstić information content (AvgIpc) is 2.44. The van der Waals surface area contributed by atoms with Crippen molar-refractivity contribution in [3.05, 3.63) is 22.2 Å². The Kier molecular flexibility index (Phi) is 6.20. The van der Waals surface area contributed by atoms with Gasteiger partial charge in [-0.1, -0.05) is 15.9 Å². The predicted octanol–water partition coefficient (Wildman–Crippen LogP) is 4.95. The highest BCUT2D eigenvalue weighted by Crippen LogP contribution is 2.43. The number of hydrogen-bond acceptors (Lipinski definition) is 3. The summed E-state index contributed by atoms with van der Waals surface area (Å²) in [5, 5.41) is -0.0354. The highest BCUT2D eigenvalue weighted by Gasteiger charge is 2.32. The summed E-state index contributed by atoms with van der Waals surface area (Å²) in [5.74, 6) is 2.06. The molecule has 1 aliphatic carbocycles. The third kappa shape index (κ3) is 4.05. The molecular formula is C16H22BrClO3. The Labute approximate surface area is 140 Å². The molecular weight excluding hydrogens is 356 g/mol. The molecule has 1 fully saturated rings. The number of benzene rings is 1. The van der Waals surface area contributed by atoms with E-state index in [1.165, 1.54) is 0 Å². The summed E-state index contributed by atoms with van der Waals surface area (Å²) in [7, 11) is 3.27. The van der Waals surface area contributed by atoms with Crippen LogP contribution in [0.2, 0.25) is 0 Å². The lowest BCUT2D eigenvalue weighted by Gasteiger charge is -2.36. The minimum atomic E-state index is -0.0354. The molecule has 0 saturated heterocycles. The normalized spacial score (nSPS) is 22.5. The van der Waals surface area contributed by atoms with Crippen molar-refractivity contribution in [3.63, 3.8) is 0 Å². The van der Waals surface area contributed by atoms with E-state index >= 15 is 0 Å². The van der Waals surface area contributed by atoms with Gasteiger partial charge >= 0.3 is 0 Å². The highest BCUT2D eigenvalue weighted by molar-refractivity contribution is 9.10. The Bertz CT molecular complexity index is 475. The van der Waals surface area contributed by atoms with Gasteiger partial charge in [0, 0.05) is 11.1 Å². The molecule has 1 aromatic carbocycles. The van der Waals surface area contributed by atoms with E-state index in [0.29, 0.717) is 23.5 Å². The first-order valence-electron chi connectivity index (χ1n) is 7.26. The first kappa shape index (κ1) is 16.9. The van der Waals surface area contributed by atoms with Crippen LogP contribution < -0.4 is 9.47 Å². The van der Waals surface area contributed by atoms with Gasteiger partial charge in [0.25, 0.3) is 0 Å². The van der Waals surface area contributed by atoms with Crippen LogP contribution in [0.5, 0.6) is 11.5 Å². The van der Waals surface area contributed by atoms with Crippen LogP contribution in [0.15, 0.2) is 16.6 Å². The Balaban J connectivity index is 2.01. The summed E-state index contributed by atoms with van der Waals surface area (Å²) in [5.41, 5.74) is 1.05. The van der Waals surface area contributed by atoms with E-state index in [-0.39, 0.29) is 5.38 Å². The van der Waals surface area contributed by atoms with Gasteiger partial charge in [-0.25, -0.2) is 0 Å². The minimum absolute atomic E-state index is 0.0354. The predicted molar refractivity (Wildman–Crippen MR) is 88.6 cm³/mol. The second-order valence-electron chi connectivity index (χ2n) is 5.35. The van der Waals surface area contributed by atoms with Crippen molar-refractivity contribution in [3.8, 4) is 11.5 Å². The van der Waals surface area contributed by atoms with Gasteiger partial charge in [-0.3, -0.25) is 0 Å². The summed E-state index contributed by atoms with van der Waals surface area (Å²) < 4.78 is 17.2. The molecule has 118 valence electrons. The quantitative estimate of drug-likeness (QED) is 0.629. The molecule has 5 heteroatoms. The van der Waals surface area contributed by atoms with Crippen molar-refractivity contribution in [1.82, 2.24) is 0 Å². The molecule has 0 aliphatic heterocycles. The number of rotatable bonds is 7. The molecule has 0 heterocycles. The second-order valence-corrected chi connectivity index (χ2v) is 6.73. The molecule has 1 aliphatic rings. The van der Waals surface area contributed by atoms with Crippen LogP contribution in [0.4, 0.5) is 0 Å². The Morgan fingerprint density at radius 2 is 1.86 bits per heavy atom. The molecule has 0 aromatic heterocycles. The smallest absolute Gasteiger partial charge is 0.161 e. The van der Waals surface area contributed by atoms with E-state index in [1.54, 1.807) is 14.2 Å². The Morgan fingerprint density at radius 1 is 1.24 bits per heavy atom. The first-order chi connectivity index (χ1) is 10.1. The van der Waals surface area contributed by atoms with Crippen LogP contribution in [0.1, 0.15) is 37.1 Å². The number of halogens is 2. The molecule has 1 atom stereocenters. The van der Waals surface area contributed by atoms with Gasteiger partial charge < -0.3 is 14.2 Å². The molecule has 2 rings (SSSR count). The van der Waals surface area contributed by atoms with Crippen molar-refractivity contribution >= 4 is 27.5 Å². The summed E-state index contributed by atoms with van der Waals surface area (Å²) in [4.78, 5) is 0. The van der Waals surface area contributed by atoms with Crippen molar-refractivity contribution in [1.29, 1.82) is 0 Å². The maximum atomic E-state index is 6.60. The maximum Gasteiger partial charge on any atom is 0.161 e. The third-order valence-electron chi connectivity index (χ3n) is 3.98. The van der Waals surface area contributed by atoms with Crippen LogP contribution in [0, 0.1) is 5.92 Å². The fraction of sp³-hybridized carbons (Fsp3) is 0.625. The second kappa shape index (κ2) is 7.70. The Hall–Kier alpha value is -0.450. The average molecular weight is 378 g/mol. The lowest BCUT2D eigenvalue weighted by Crippen LogP contribution is -2.31. The van der Waals surface area contributed by atoms with Gasteiger partial charge in [0.1, 0.15) is 0 Å². The van der Waals surface area contributed by atoms with Crippen LogP contribution in [0.3, 0.4) is 0 Å². The Morgan fingerprint density at radius 3 is 2.43 bits per heavy atom. The molecule has 1 saturated carbocycles. The molecule has 1 unspecified atom stereocenters. The molecule has 21 heavy (non-hydrogen) atoms. The van der Waals surface area contributed by atoms with Gasteiger partial charge in [-0.2, -0.15) is 0 Å². The van der Waals surface area contributed by atoms with E-state index in [0.717, 1.165) is 35.9 Å². The van der Waals surface area contributed by atoms with Crippen LogP contribution in [-0.2, 0) is 4.74 Å². The number of alkyl halides is 1. The molecule has 0 bridgehead atoms. The summed E-state index contributed by atoms with van der Waals surface area (Å²) in [6.07, 6.45) is 3.61. The van der Waals surface area contributed by atoms with E-state index in [2.05, 4.69) is 15.9 Å². The van der Waals surface area contributed by atoms with E-state index in [4.69, 9.17) is 25.8 Å². The van der Waals surface area contributed by atoms with Gasteiger partial charge in [0.15, 0.2) is 11.5 Å².